The van der Waals surface area contributed by atoms with Crippen molar-refractivity contribution in [1.29, 1.82) is 0 Å². The lowest BCUT2D eigenvalue weighted by atomic mass is 9.69. The van der Waals surface area contributed by atoms with E-state index < -0.39 is 0 Å². The molecular formula is C21H26O2S. The summed E-state index contributed by atoms with van der Waals surface area (Å²) in [6, 6.07) is 0. The quantitative estimate of drug-likeness (QED) is 0.501. The van der Waals surface area contributed by atoms with Gasteiger partial charge in [0, 0.05) is 5.75 Å². The van der Waals surface area contributed by atoms with Crippen LogP contribution in [0.2, 0.25) is 0 Å². The van der Waals surface area contributed by atoms with Gasteiger partial charge in [0.1, 0.15) is 6.61 Å². The van der Waals surface area contributed by atoms with Crippen molar-refractivity contribution in [2.24, 2.45) is 11.8 Å². The average Bonchev–Trinajstić information content (AvgIpc) is 2.59. The number of thioether (sulfide) groups is 1. The van der Waals surface area contributed by atoms with Crippen LogP contribution in [-0.2, 0) is 9.53 Å². The van der Waals surface area contributed by atoms with Gasteiger partial charge in [-0.25, -0.2) is 0 Å². The first-order chi connectivity index (χ1) is 11.6. The third kappa shape index (κ3) is 4.13. The molecule has 3 heteroatoms. The minimum Gasteiger partial charge on any atom is -0.461 e. The molecular weight excluding hydrogens is 316 g/mol. The zero-order valence-electron chi connectivity index (χ0n) is 14.4. The second kappa shape index (κ2) is 8.06. The second-order valence-corrected chi connectivity index (χ2v) is 7.93. The smallest absolute Gasteiger partial charge is 0.316 e. The summed E-state index contributed by atoms with van der Waals surface area (Å²) in [5.74, 6) is 2.53. The topological polar surface area (TPSA) is 26.3 Å². The lowest BCUT2D eigenvalue weighted by Gasteiger charge is -2.37. The van der Waals surface area contributed by atoms with Crippen LogP contribution in [0.15, 0.2) is 59.3 Å². The molecule has 3 rings (SSSR count). The van der Waals surface area contributed by atoms with Crippen molar-refractivity contribution in [1.82, 2.24) is 0 Å². The third-order valence-electron chi connectivity index (χ3n) is 4.90. The molecule has 0 aromatic rings. The zero-order chi connectivity index (χ0) is 16.9. The molecule has 0 saturated carbocycles. The van der Waals surface area contributed by atoms with E-state index in [4.69, 9.17) is 4.74 Å². The fourth-order valence-corrected chi connectivity index (χ4v) is 4.69. The molecule has 0 aromatic carbocycles. The molecule has 0 amide bonds. The Morgan fingerprint density at radius 3 is 3.08 bits per heavy atom. The summed E-state index contributed by atoms with van der Waals surface area (Å²) < 4.78 is 5.19. The van der Waals surface area contributed by atoms with Crippen molar-refractivity contribution in [3.8, 4) is 0 Å². The van der Waals surface area contributed by atoms with Gasteiger partial charge in [-0.1, -0.05) is 37.0 Å². The highest BCUT2D eigenvalue weighted by Gasteiger charge is 2.32. The molecule has 0 heterocycles. The van der Waals surface area contributed by atoms with Gasteiger partial charge in [-0.2, -0.15) is 0 Å². The molecule has 0 spiro atoms. The maximum absolute atomic E-state index is 11.8. The molecule has 0 saturated heterocycles. The van der Waals surface area contributed by atoms with E-state index >= 15 is 0 Å². The number of fused-ring (bicyclic) bond motifs is 2. The number of esters is 1. The Hall–Kier alpha value is -1.48. The Balaban J connectivity index is 1.67. The largest absolute Gasteiger partial charge is 0.461 e. The number of ether oxygens (including phenoxy) is 1. The van der Waals surface area contributed by atoms with E-state index in [1.807, 2.05) is 6.92 Å². The number of carbonyl (C=O) groups is 1. The van der Waals surface area contributed by atoms with Gasteiger partial charge in [0.25, 0.3) is 0 Å². The molecule has 2 atom stereocenters. The van der Waals surface area contributed by atoms with Gasteiger partial charge in [0.2, 0.25) is 0 Å². The predicted molar refractivity (Wildman–Crippen MR) is 102 cm³/mol. The molecule has 0 aliphatic heterocycles. The number of hydrogen-bond acceptors (Lipinski definition) is 3. The molecule has 2 unspecified atom stereocenters. The molecule has 0 aromatic heterocycles. The molecule has 128 valence electrons. The standard InChI is InChI=1S/C21H26O2S/c1-15(2)12-23-21(22)14-24-13-20-18-9-5-3-7-16(18)11-17-8-4-6-10-19(17)20/h3,5-6,9-10,16-17H,1,4,7-8,11-14H2,2H3. The second-order valence-electron chi connectivity index (χ2n) is 6.94. The summed E-state index contributed by atoms with van der Waals surface area (Å²) in [6.07, 6.45) is 16.3. The molecule has 0 fully saturated rings. The zero-order valence-corrected chi connectivity index (χ0v) is 15.2. The first-order valence-corrected chi connectivity index (χ1v) is 9.95. The fraction of sp³-hybridized carbons (Fsp3) is 0.476. The third-order valence-corrected chi connectivity index (χ3v) is 5.84. The van der Waals surface area contributed by atoms with Gasteiger partial charge in [-0.15, -0.1) is 11.8 Å². The number of allylic oxidation sites excluding steroid dienone is 7. The van der Waals surface area contributed by atoms with E-state index in [0.717, 1.165) is 17.7 Å². The van der Waals surface area contributed by atoms with Gasteiger partial charge in [-0.05, 0) is 66.7 Å². The molecule has 0 radical (unpaired) electrons. The van der Waals surface area contributed by atoms with Gasteiger partial charge in [0.15, 0.2) is 0 Å². The summed E-state index contributed by atoms with van der Waals surface area (Å²) in [7, 11) is 0. The van der Waals surface area contributed by atoms with Gasteiger partial charge in [-0.3, -0.25) is 4.79 Å². The van der Waals surface area contributed by atoms with Gasteiger partial charge >= 0.3 is 5.97 Å². The molecule has 3 aliphatic carbocycles. The van der Waals surface area contributed by atoms with Crippen LogP contribution in [0.25, 0.3) is 0 Å². The van der Waals surface area contributed by atoms with E-state index in [9.17, 15) is 4.79 Å². The van der Waals surface area contributed by atoms with Crippen LogP contribution in [0.4, 0.5) is 0 Å². The van der Waals surface area contributed by atoms with Crippen LogP contribution in [-0.4, -0.2) is 24.1 Å². The van der Waals surface area contributed by atoms with Crippen LogP contribution in [0.5, 0.6) is 0 Å². The van der Waals surface area contributed by atoms with Gasteiger partial charge < -0.3 is 4.74 Å². The summed E-state index contributed by atoms with van der Waals surface area (Å²) in [4.78, 5) is 11.8. The lowest BCUT2D eigenvalue weighted by molar-refractivity contribution is -0.139. The first-order valence-electron chi connectivity index (χ1n) is 8.79. The van der Waals surface area contributed by atoms with E-state index in [-0.39, 0.29) is 5.97 Å². The van der Waals surface area contributed by atoms with Crippen LogP contribution in [0.1, 0.15) is 32.6 Å². The Kier molecular flexibility index (Phi) is 5.83. The van der Waals surface area contributed by atoms with Crippen molar-refractivity contribution < 1.29 is 9.53 Å². The van der Waals surface area contributed by atoms with Crippen LogP contribution < -0.4 is 0 Å². The van der Waals surface area contributed by atoms with Crippen molar-refractivity contribution in [3.05, 3.63) is 59.3 Å². The summed E-state index contributed by atoms with van der Waals surface area (Å²) in [5.41, 5.74) is 5.36. The number of carbonyl (C=O) groups excluding carboxylic acids is 1. The fourth-order valence-electron chi connectivity index (χ4n) is 3.80. The normalized spacial score (nSPS) is 25.0. The molecule has 0 N–H and O–H groups in total. The van der Waals surface area contributed by atoms with E-state index in [2.05, 4.69) is 37.0 Å². The van der Waals surface area contributed by atoms with Crippen molar-refractivity contribution >= 4 is 17.7 Å². The first kappa shape index (κ1) is 17.3. The number of hydrogen-bond donors (Lipinski definition) is 0. The molecule has 0 bridgehead atoms. The Bertz CT molecular complexity index is 636. The van der Waals surface area contributed by atoms with Crippen LogP contribution in [0.3, 0.4) is 0 Å². The van der Waals surface area contributed by atoms with Gasteiger partial charge in [0.05, 0.1) is 5.75 Å². The summed E-state index contributed by atoms with van der Waals surface area (Å²) >= 11 is 1.67. The Labute approximate surface area is 149 Å². The van der Waals surface area contributed by atoms with Crippen molar-refractivity contribution in [3.63, 3.8) is 0 Å². The highest BCUT2D eigenvalue weighted by molar-refractivity contribution is 8.00. The molecule has 2 nitrogen and oxygen atoms in total. The minimum atomic E-state index is -0.144. The average molecular weight is 343 g/mol. The molecule has 3 aliphatic rings. The van der Waals surface area contributed by atoms with Crippen molar-refractivity contribution in [2.75, 3.05) is 18.1 Å². The van der Waals surface area contributed by atoms with Crippen molar-refractivity contribution in [2.45, 2.75) is 32.6 Å². The van der Waals surface area contributed by atoms with E-state index in [1.165, 1.54) is 36.0 Å². The summed E-state index contributed by atoms with van der Waals surface area (Å²) in [6.45, 7) is 5.96. The Morgan fingerprint density at radius 2 is 2.25 bits per heavy atom. The van der Waals surface area contributed by atoms with Crippen LogP contribution in [0, 0.1) is 11.8 Å². The SMILES string of the molecule is C=C(C)COC(=O)CSCC1=C2C=CCCC2CC2CC=CC=C12. The number of rotatable bonds is 6. The van der Waals surface area contributed by atoms with E-state index in [1.54, 1.807) is 11.8 Å². The van der Waals surface area contributed by atoms with E-state index in [0.29, 0.717) is 24.2 Å². The Morgan fingerprint density at radius 1 is 1.38 bits per heavy atom. The van der Waals surface area contributed by atoms with Crippen LogP contribution >= 0.6 is 11.8 Å². The highest BCUT2D eigenvalue weighted by Crippen LogP contribution is 2.45. The lowest BCUT2D eigenvalue weighted by Crippen LogP contribution is -2.24. The monoisotopic (exact) mass is 342 g/mol. The molecule has 24 heavy (non-hydrogen) atoms. The predicted octanol–water partition coefficient (Wildman–Crippen LogP) is 5.01. The highest BCUT2D eigenvalue weighted by atomic mass is 32.2. The minimum absolute atomic E-state index is 0.144. The maximum Gasteiger partial charge on any atom is 0.316 e. The maximum atomic E-state index is 11.8. The summed E-state index contributed by atoms with van der Waals surface area (Å²) in [5, 5.41) is 0.